The normalized spacial score (nSPS) is 15.3. The second kappa shape index (κ2) is 7.62. The molecule has 0 amide bonds. The number of imidazole rings is 1. The molecule has 5 heteroatoms. The zero-order chi connectivity index (χ0) is 13.5. The Kier molecular flexibility index (Phi) is 5.82. The van der Waals surface area contributed by atoms with Crippen LogP contribution in [0.3, 0.4) is 0 Å². The van der Waals surface area contributed by atoms with Crippen LogP contribution in [0.5, 0.6) is 0 Å². The van der Waals surface area contributed by atoms with Crippen LogP contribution >= 0.6 is 0 Å². The average Bonchev–Trinajstić information content (AvgIpc) is 3.16. The van der Waals surface area contributed by atoms with Gasteiger partial charge in [-0.25, -0.2) is 4.98 Å². The fourth-order valence-corrected chi connectivity index (χ4v) is 2.36. The summed E-state index contributed by atoms with van der Waals surface area (Å²) in [5.41, 5.74) is 1.25. The monoisotopic (exact) mass is 266 g/mol. The Balaban J connectivity index is 1.74. The third-order valence-electron chi connectivity index (χ3n) is 3.69. The van der Waals surface area contributed by atoms with Crippen molar-refractivity contribution >= 4 is 0 Å². The maximum Gasteiger partial charge on any atom is 0.0949 e. The smallest absolute Gasteiger partial charge is 0.0949 e. The van der Waals surface area contributed by atoms with E-state index < -0.39 is 0 Å². The van der Waals surface area contributed by atoms with Crippen LogP contribution in [0.25, 0.3) is 0 Å². The van der Waals surface area contributed by atoms with Gasteiger partial charge in [0.1, 0.15) is 0 Å². The molecule has 0 aliphatic heterocycles. The topological polar surface area (TPSA) is 42.3 Å². The van der Waals surface area contributed by atoms with Gasteiger partial charge in [0.05, 0.1) is 18.6 Å². The van der Waals surface area contributed by atoms with Gasteiger partial charge in [-0.15, -0.1) is 0 Å². The van der Waals surface area contributed by atoms with Crippen LogP contribution in [0.15, 0.2) is 12.5 Å². The highest BCUT2D eigenvalue weighted by molar-refractivity contribution is 4.98. The molecule has 0 atom stereocenters. The van der Waals surface area contributed by atoms with E-state index in [1.54, 1.807) is 7.11 Å². The van der Waals surface area contributed by atoms with Crippen LogP contribution in [-0.2, 0) is 17.8 Å². The molecule has 0 unspecified atom stereocenters. The van der Waals surface area contributed by atoms with Crippen molar-refractivity contribution in [3.05, 3.63) is 18.2 Å². The van der Waals surface area contributed by atoms with E-state index in [0.717, 1.165) is 45.4 Å². The lowest BCUT2D eigenvalue weighted by Gasteiger charge is -2.20. The van der Waals surface area contributed by atoms with Crippen LogP contribution in [0.4, 0.5) is 0 Å². The number of methoxy groups -OCH3 is 1. The lowest BCUT2D eigenvalue weighted by molar-refractivity contribution is 0.199. The predicted octanol–water partition coefficient (Wildman–Crippen LogP) is 1.10. The third-order valence-corrected chi connectivity index (χ3v) is 3.69. The zero-order valence-electron chi connectivity index (χ0n) is 12.1. The van der Waals surface area contributed by atoms with Crippen LogP contribution in [0.2, 0.25) is 0 Å². The first-order chi connectivity index (χ1) is 9.35. The lowest BCUT2D eigenvalue weighted by atomic mass is 10.4. The molecule has 1 aromatic heterocycles. The van der Waals surface area contributed by atoms with Gasteiger partial charge in [-0.05, 0) is 19.4 Å². The first-order valence-corrected chi connectivity index (χ1v) is 7.27. The Labute approximate surface area is 116 Å². The number of hydrogen-bond donors (Lipinski definition) is 1. The maximum atomic E-state index is 5.03. The number of aromatic nitrogens is 2. The molecule has 5 nitrogen and oxygen atoms in total. The molecule has 0 aromatic carbocycles. The highest BCUT2D eigenvalue weighted by Crippen LogP contribution is 2.26. The highest BCUT2D eigenvalue weighted by Gasteiger charge is 2.27. The van der Waals surface area contributed by atoms with Gasteiger partial charge in [-0.1, -0.05) is 6.92 Å². The summed E-state index contributed by atoms with van der Waals surface area (Å²) in [5, 5.41) is 3.37. The van der Waals surface area contributed by atoms with E-state index in [1.807, 2.05) is 12.5 Å². The first-order valence-electron chi connectivity index (χ1n) is 7.27. The molecule has 2 rings (SSSR count). The molecule has 1 aliphatic rings. The van der Waals surface area contributed by atoms with Gasteiger partial charge in [0.25, 0.3) is 0 Å². The number of ether oxygens (including phenoxy) is 1. The molecular weight excluding hydrogens is 240 g/mol. The quantitative estimate of drug-likeness (QED) is 0.644. The van der Waals surface area contributed by atoms with Crippen molar-refractivity contribution in [2.24, 2.45) is 0 Å². The number of rotatable bonds is 10. The van der Waals surface area contributed by atoms with Gasteiger partial charge >= 0.3 is 0 Å². The summed E-state index contributed by atoms with van der Waals surface area (Å²) in [7, 11) is 1.73. The van der Waals surface area contributed by atoms with E-state index in [1.165, 1.54) is 18.5 Å². The van der Waals surface area contributed by atoms with Crippen molar-refractivity contribution in [3.8, 4) is 0 Å². The molecule has 1 heterocycles. The van der Waals surface area contributed by atoms with Crippen LogP contribution in [0, 0.1) is 0 Å². The molecular formula is C14H26N4O. The molecule has 108 valence electrons. The minimum Gasteiger partial charge on any atom is -0.383 e. The fraction of sp³-hybridized carbons (Fsp3) is 0.786. The van der Waals surface area contributed by atoms with E-state index in [0.29, 0.717) is 0 Å². The summed E-state index contributed by atoms with van der Waals surface area (Å²) in [6, 6.07) is 0.844. The summed E-state index contributed by atoms with van der Waals surface area (Å²) in [5.74, 6) is 0. The van der Waals surface area contributed by atoms with Crippen LogP contribution in [-0.4, -0.2) is 53.8 Å². The molecule has 1 aliphatic carbocycles. The second-order valence-corrected chi connectivity index (χ2v) is 5.11. The van der Waals surface area contributed by atoms with Gasteiger partial charge in [0.15, 0.2) is 0 Å². The number of hydrogen-bond acceptors (Lipinski definition) is 4. The molecule has 0 radical (unpaired) electrons. The number of likely N-dealkylation sites (N-methyl/N-ethyl adjacent to an activating group) is 1. The van der Waals surface area contributed by atoms with Crippen molar-refractivity contribution in [1.82, 2.24) is 19.8 Å². The van der Waals surface area contributed by atoms with Crippen molar-refractivity contribution in [2.45, 2.75) is 38.9 Å². The van der Waals surface area contributed by atoms with Crippen LogP contribution < -0.4 is 5.32 Å². The van der Waals surface area contributed by atoms with Crippen molar-refractivity contribution in [1.29, 1.82) is 0 Å². The standard InChI is InChI=1S/C14H26N4O/c1-3-17(13-4-5-13)7-8-18-12-16-11-14(18)10-15-6-9-19-2/h11-13,15H,3-10H2,1-2H3. The van der Waals surface area contributed by atoms with Crippen molar-refractivity contribution in [3.63, 3.8) is 0 Å². The predicted molar refractivity (Wildman–Crippen MR) is 76.1 cm³/mol. The summed E-state index contributed by atoms with van der Waals surface area (Å²) in [6.07, 6.45) is 6.65. The van der Waals surface area contributed by atoms with Crippen molar-refractivity contribution in [2.75, 3.05) is 33.4 Å². The van der Waals surface area contributed by atoms with Crippen LogP contribution in [0.1, 0.15) is 25.5 Å². The second-order valence-electron chi connectivity index (χ2n) is 5.11. The molecule has 1 aromatic rings. The zero-order valence-corrected chi connectivity index (χ0v) is 12.1. The van der Waals surface area contributed by atoms with Gasteiger partial charge in [0.2, 0.25) is 0 Å². The number of nitrogens with one attached hydrogen (secondary N) is 1. The molecule has 1 fully saturated rings. The summed E-state index contributed by atoms with van der Waals surface area (Å²) in [4.78, 5) is 6.83. The molecule has 0 spiro atoms. The average molecular weight is 266 g/mol. The first kappa shape index (κ1) is 14.5. The minimum absolute atomic E-state index is 0.749. The van der Waals surface area contributed by atoms with E-state index in [9.17, 15) is 0 Å². The SMILES string of the molecule is CCN(CCn1cncc1CNCCOC)C1CC1. The fourth-order valence-electron chi connectivity index (χ4n) is 2.36. The van der Waals surface area contributed by atoms with Gasteiger partial charge in [-0.2, -0.15) is 0 Å². The maximum absolute atomic E-state index is 5.03. The summed E-state index contributed by atoms with van der Waals surface area (Å²) >= 11 is 0. The molecule has 1 N–H and O–H groups in total. The van der Waals surface area contributed by atoms with E-state index in [2.05, 4.69) is 26.7 Å². The molecule has 0 bridgehead atoms. The Bertz CT molecular complexity index is 362. The Morgan fingerprint density at radius 2 is 2.37 bits per heavy atom. The summed E-state index contributed by atoms with van der Waals surface area (Å²) < 4.78 is 7.28. The van der Waals surface area contributed by atoms with E-state index in [4.69, 9.17) is 4.74 Å². The lowest BCUT2D eigenvalue weighted by Crippen LogP contribution is -2.30. The molecule has 19 heavy (non-hydrogen) atoms. The molecule has 1 saturated carbocycles. The highest BCUT2D eigenvalue weighted by atomic mass is 16.5. The van der Waals surface area contributed by atoms with Crippen molar-refractivity contribution < 1.29 is 4.74 Å². The third kappa shape index (κ3) is 4.60. The summed E-state index contributed by atoms with van der Waals surface area (Å²) in [6.45, 7) is 8.05. The Morgan fingerprint density at radius 3 is 3.05 bits per heavy atom. The Hall–Kier alpha value is -0.910. The van der Waals surface area contributed by atoms with E-state index in [-0.39, 0.29) is 0 Å². The Morgan fingerprint density at radius 1 is 1.53 bits per heavy atom. The number of nitrogens with zero attached hydrogens (tertiary/aromatic N) is 3. The van der Waals surface area contributed by atoms with E-state index >= 15 is 0 Å². The van der Waals surface area contributed by atoms with Gasteiger partial charge in [0, 0.05) is 45.5 Å². The van der Waals surface area contributed by atoms with Gasteiger partial charge in [-0.3, -0.25) is 4.90 Å². The van der Waals surface area contributed by atoms with Gasteiger partial charge < -0.3 is 14.6 Å². The molecule has 0 saturated heterocycles. The minimum atomic E-state index is 0.749. The largest absolute Gasteiger partial charge is 0.383 e.